The number of carbonyl (C=O) groups is 3. The summed E-state index contributed by atoms with van der Waals surface area (Å²) in [4.78, 5) is 40.4. The van der Waals surface area contributed by atoms with Crippen LogP contribution in [0.15, 0.2) is 24.3 Å². The molecule has 6 nitrogen and oxygen atoms in total. The van der Waals surface area contributed by atoms with Crippen LogP contribution in [0.1, 0.15) is 84.8 Å². The Bertz CT molecular complexity index is 1230. The molecule has 2 aromatic rings. The lowest BCUT2D eigenvalue weighted by molar-refractivity contribution is -0.148. The van der Waals surface area contributed by atoms with Gasteiger partial charge in [-0.05, 0) is 79.7 Å². The third kappa shape index (κ3) is 5.02. The van der Waals surface area contributed by atoms with E-state index in [2.05, 4.69) is 31.4 Å². The maximum atomic E-state index is 13.6. The van der Waals surface area contributed by atoms with Crippen molar-refractivity contribution < 1.29 is 19.5 Å². The van der Waals surface area contributed by atoms with Crippen LogP contribution in [0.25, 0.3) is 0 Å². The zero-order valence-corrected chi connectivity index (χ0v) is 23.7. The Morgan fingerprint density at radius 1 is 1.05 bits per heavy atom. The third-order valence-electron chi connectivity index (χ3n) is 9.82. The smallest absolute Gasteiger partial charge is 0.307 e. The fourth-order valence-electron chi connectivity index (χ4n) is 7.07. The van der Waals surface area contributed by atoms with E-state index in [0.29, 0.717) is 23.0 Å². The largest absolute Gasteiger partial charge is 0.481 e. The number of nitrogens with one attached hydrogen (secondary N) is 2. The van der Waals surface area contributed by atoms with Crippen LogP contribution in [-0.4, -0.2) is 22.9 Å². The van der Waals surface area contributed by atoms with E-state index in [1.165, 1.54) is 21.8 Å². The standard InChI is InChI=1S/C31H40N2O4S/c1-5-31(3,4)21-12-13-22-23(15-21)38-29(26(22)27(34)32-16-18-8-6-17(2)7-9-18)33-28(35)24-19-10-11-20(14-19)25(24)30(36)37/h6-9,19-21,24-25H,5,10-16H2,1-4H3,(H,32,34)(H,33,35)(H,36,37)/t19-,20-,21+,24+,25-/m0/s1. The SMILES string of the molecule is CCC(C)(C)[C@@H]1CCc2c(sc(NC(=O)[C@@H]3[C@H]4CC[C@@H](C4)[C@@H]3C(=O)O)c2C(=O)NCc2ccc(C)cc2)C1. The number of rotatable bonds is 8. The molecule has 38 heavy (non-hydrogen) atoms. The molecule has 0 saturated heterocycles. The van der Waals surface area contributed by atoms with Crippen LogP contribution in [0.4, 0.5) is 5.00 Å². The highest BCUT2D eigenvalue weighted by molar-refractivity contribution is 7.17. The van der Waals surface area contributed by atoms with Crippen molar-refractivity contribution in [2.24, 2.45) is 35.0 Å². The second-order valence-corrected chi connectivity index (χ2v) is 13.5. The van der Waals surface area contributed by atoms with E-state index in [9.17, 15) is 19.5 Å². The minimum Gasteiger partial charge on any atom is -0.481 e. The molecule has 2 bridgehead atoms. The number of carboxylic acid groups (broad SMARTS) is 1. The number of aliphatic carboxylic acids is 1. The normalized spacial score (nSPS) is 26.2. The van der Waals surface area contributed by atoms with Crippen molar-refractivity contribution in [1.29, 1.82) is 0 Å². The number of carboxylic acids is 1. The summed E-state index contributed by atoms with van der Waals surface area (Å²) in [6, 6.07) is 8.09. The van der Waals surface area contributed by atoms with E-state index in [4.69, 9.17) is 0 Å². The van der Waals surface area contributed by atoms with Crippen molar-refractivity contribution in [3.8, 4) is 0 Å². The van der Waals surface area contributed by atoms with E-state index in [1.807, 2.05) is 31.2 Å². The van der Waals surface area contributed by atoms with Crippen LogP contribution in [0, 0.1) is 41.9 Å². The highest BCUT2D eigenvalue weighted by atomic mass is 32.1. The fourth-order valence-corrected chi connectivity index (χ4v) is 8.39. The lowest BCUT2D eigenvalue weighted by Crippen LogP contribution is -2.38. The summed E-state index contributed by atoms with van der Waals surface area (Å²) in [5.41, 5.74) is 4.03. The second kappa shape index (κ2) is 10.5. The molecule has 0 unspecified atom stereocenters. The summed E-state index contributed by atoms with van der Waals surface area (Å²) in [5, 5.41) is 16.6. The van der Waals surface area contributed by atoms with Crippen molar-refractivity contribution >= 4 is 34.1 Å². The van der Waals surface area contributed by atoms with Gasteiger partial charge in [-0.3, -0.25) is 14.4 Å². The van der Waals surface area contributed by atoms with Gasteiger partial charge in [-0.25, -0.2) is 0 Å². The van der Waals surface area contributed by atoms with Crippen LogP contribution in [0.5, 0.6) is 0 Å². The Morgan fingerprint density at radius 2 is 1.74 bits per heavy atom. The molecule has 1 heterocycles. The zero-order chi connectivity index (χ0) is 27.2. The molecular formula is C31H40N2O4S. The minimum absolute atomic E-state index is 0.0825. The van der Waals surface area contributed by atoms with Gasteiger partial charge >= 0.3 is 5.97 Å². The molecule has 2 fully saturated rings. The van der Waals surface area contributed by atoms with Gasteiger partial charge in [0.2, 0.25) is 5.91 Å². The first kappa shape index (κ1) is 26.9. The highest BCUT2D eigenvalue weighted by Crippen LogP contribution is 2.53. The van der Waals surface area contributed by atoms with Crippen LogP contribution in [0.3, 0.4) is 0 Å². The third-order valence-corrected chi connectivity index (χ3v) is 11.0. The Balaban J connectivity index is 1.42. The Labute approximate surface area is 229 Å². The topological polar surface area (TPSA) is 95.5 Å². The molecule has 5 rings (SSSR count). The predicted molar refractivity (Wildman–Crippen MR) is 150 cm³/mol. The number of fused-ring (bicyclic) bond motifs is 3. The molecule has 3 aliphatic rings. The van der Waals surface area contributed by atoms with Gasteiger partial charge in [0.15, 0.2) is 0 Å². The highest BCUT2D eigenvalue weighted by Gasteiger charge is 2.54. The summed E-state index contributed by atoms with van der Waals surface area (Å²) >= 11 is 1.52. The average Bonchev–Trinajstić information content (AvgIpc) is 3.60. The number of benzene rings is 1. The van der Waals surface area contributed by atoms with Crippen molar-refractivity contribution in [2.75, 3.05) is 5.32 Å². The minimum atomic E-state index is -0.872. The lowest BCUT2D eigenvalue weighted by atomic mass is 9.69. The van der Waals surface area contributed by atoms with Crippen molar-refractivity contribution in [1.82, 2.24) is 5.32 Å². The summed E-state index contributed by atoms with van der Waals surface area (Å²) in [6.07, 6.45) is 6.44. The van der Waals surface area contributed by atoms with E-state index in [0.717, 1.165) is 56.1 Å². The molecular weight excluding hydrogens is 496 g/mol. The summed E-state index contributed by atoms with van der Waals surface area (Å²) in [6.45, 7) is 9.31. The molecule has 1 aromatic carbocycles. The number of carbonyl (C=O) groups excluding carboxylic acids is 2. The Morgan fingerprint density at radius 3 is 2.39 bits per heavy atom. The molecule has 5 atom stereocenters. The first-order valence-electron chi connectivity index (χ1n) is 14.1. The monoisotopic (exact) mass is 536 g/mol. The Kier molecular flexibility index (Phi) is 7.42. The fraction of sp³-hybridized carbons (Fsp3) is 0.581. The van der Waals surface area contributed by atoms with Crippen LogP contribution in [0.2, 0.25) is 0 Å². The quantitative estimate of drug-likeness (QED) is 0.374. The molecule has 3 N–H and O–H groups in total. The summed E-state index contributed by atoms with van der Waals surface area (Å²) < 4.78 is 0. The molecule has 7 heteroatoms. The van der Waals surface area contributed by atoms with Gasteiger partial charge in [-0.2, -0.15) is 0 Å². The molecule has 0 radical (unpaired) electrons. The Hall–Kier alpha value is -2.67. The van der Waals surface area contributed by atoms with E-state index < -0.39 is 17.8 Å². The van der Waals surface area contributed by atoms with Gasteiger partial charge in [0.25, 0.3) is 5.91 Å². The van der Waals surface area contributed by atoms with Gasteiger partial charge in [-0.15, -0.1) is 11.3 Å². The molecule has 0 aliphatic heterocycles. The van der Waals surface area contributed by atoms with Gasteiger partial charge in [0.05, 0.1) is 17.4 Å². The molecule has 2 amide bonds. The first-order valence-corrected chi connectivity index (χ1v) is 14.9. The van der Waals surface area contributed by atoms with E-state index in [-0.39, 0.29) is 29.1 Å². The van der Waals surface area contributed by atoms with Crippen molar-refractivity contribution in [3.63, 3.8) is 0 Å². The summed E-state index contributed by atoms with van der Waals surface area (Å²) in [7, 11) is 0. The maximum Gasteiger partial charge on any atom is 0.307 e. The lowest BCUT2D eigenvalue weighted by Gasteiger charge is -2.36. The van der Waals surface area contributed by atoms with Crippen molar-refractivity contribution in [2.45, 2.75) is 79.2 Å². The number of aryl methyl sites for hydroxylation is 1. The number of amides is 2. The van der Waals surface area contributed by atoms with Crippen molar-refractivity contribution in [3.05, 3.63) is 51.4 Å². The average molecular weight is 537 g/mol. The van der Waals surface area contributed by atoms with Gasteiger partial charge in [-0.1, -0.05) is 57.0 Å². The number of hydrogen-bond donors (Lipinski definition) is 3. The zero-order valence-electron chi connectivity index (χ0n) is 22.9. The van der Waals surface area contributed by atoms with Gasteiger partial charge in [0, 0.05) is 11.4 Å². The molecule has 1 aromatic heterocycles. The molecule has 204 valence electrons. The predicted octanol–water partition coefficient (Wildman–Crippen LogP) is 6.21. The number of hydrogen-bond acceptors (Lipinski definition) is 4. The van der Waals surface area contributed by atoms with Crippen LogP contribution in [-0.2, 0) is 29.0 Å². The molecule has 3 aliphatic carbocycles. The number of anilines is 1. The second-order valence-electron chi connectivity index (χ2n) is 12.4. The maximum absolute atomic E-state index is 13.6. The van der Waals surface area contributed by atoms with E-state index in [1.54, 1.807) is 0 Å². The van der Waals surface area contributed by atoms with E-state index >= 15 is 0 Å². The van der Waals surface area contributed by atoms with Gasteiger partial charge < -0.3 is 15.7 Å². The van der Waals surface area contributed by atoms with Crippen LogP contribution >= 0.6 is 11.3 Å². The van der Waals surface area contributed by atoms with Gasteiger partial charge in [0.1, 0.15) is 5.00 Å². The summed E-state index contributed by atoms with van der Waals surface area (Å²) in [5.74, 6) is -1.72. The molecule has 0 spiro atoms. The number of thiophene rings is 1. The molecule has 2 saturated carbocycles. The van der Waals surface area contributed by atoms with Crippen LogP contribution < -0.4 is 10.6 Å². The first-order chi connectivity index (χ1) is 18.1.